The second-order valence-electron chi connectivity index (χ2n) is 7.04. The van der Waals surface area contributed by atoms with Crippen LogP contribution >= 0.6 is 0 Å². The van der Waals surface area contributed by atoms with Gasteiger partial charge in [0.1, 0.15) is 19.8 Å². The van der Waals surface area contributed by atoms with E-state index in [1.165, 1.54) is 0 Å². The van der Waals surface area contributed by atoms with Gasteiger partial charge in [-0.2, -0.15) is 0 Å². The van der Waals surface area contributed by atoms with E-state index in [0.29, 0.717) is 30.4 Å². The van der Waals surface area contributed by atoms with Crippen LogP contribution in [0.3, 0.4) is 0 Å². The second-order valence-corrected chi connectivity index (χ2v) is 8.95. The van der Waals surface area contributed by atoms with Crippen molar-refractivity contribution in [3.63, 3.8) is 0 Å². The molecule has 0 spiro atoms. The number of para-hydroxylation sites is 1. The number of carbonyl (C=O) groups excluding carboxylic acids is 1. The number of carbonyl (C=O) groups is 1. The van der Waals surface area contributed by atoms with Crippen molar-refractivity contribution in [1.29, 1.82) is 0 Å². The minimum Gasteiger partial charge on any atom is -0.486 e. The molecule has 0 saturated heterocycles. The van der Waals surface area contributed by atoms with Gasteiger partial charge in [0.15, 0.2) is 11.5 Å². The molecule has 148 valence electrons. The number of amides is 1. The van der Waals surface area contributed by atoms with E-state index < -0.39 is 10.0 Å². The average molecular weight is 402 g/mol. The fourth-order valence-electron chi connectivity index (χ4n) is 3.73. The minimum absolute atomic E-state index is 0.0217. The van der Waals surface area contributed by atoms with Crippen LogP contribution in [0, 0.1) is 0 Å². The lowest BCUT2D eigenvalue weighted by molar-refractivity contribution is -0.117. The monoisotopic (exact) mass is 402 g/mol. The molecule has 0 aliphatic carbocycles. The van der Waals surface area contributed by atoms with E-state index in [1.807, 2.05) is 31.2 Å². The quantitative estimate of drug-likeness (QED) is 0.784. The van der Waals surface area contributed by atoms with Crippen molar-refractivity contribution >= 4 is 27.3 Å². The molecule has 1 atom stereocenters. The second kappa shape index (κ2) is 7.01. The van der Waals surface area contributed by atoms with Crippen molar-refractivity contribution in [1.82, 2.24) is 0 Å². The smallest absolute Gasteiger partial charge is 0.248 e. The van der Waals surface area contributed by atoms with Crippen LogP contribution in [0.4, 0.5) is 11.4 Å². The molecule has 2 aliphatic heterocycles. The van der Waals surface area contributed by atoms with Gasteiger partial charge < -0.3 is 14.4 Å². The van der Waals surface area contributed by atoms with Gasteiger partial charge in [-0.1, -0.05) is 18.2 Å². The molecule has 8 heteroatoms. The Morgan fingerprint density at radius 1 is 1.14 bits per heavy atom. The minimum atomic E-state index is -3.67. The summed E-state index contributed by atoms with van der Waals surface area (Å²) in [5.74, 6) is 0.777. The summed E-state index contributed by atoms with van der Waals surface area (Å²) in [6.07, 6.45) is 1.85. The van der Waals surface area contributed by atoms with Crippen LogP contribution in [0.2, 0.25) is 0 Å². The van der Waals surface area contributed by atoms with Crippen LogP contribution in [0.5, 0.6) is 11.5 Å². The van der Waals surface area contributed by atoms with E-state index in [-0.39, 0.29) is 18.5 Å². The van der Waals surface area contributed by atoms with E-state index in [1.54, 1.807) is 23.1 Å². The van der Waals surface area contributed by atoms with Crippen molar-refractivity contribution in [3.05, 3.63) is 48.0 Å². The summed E-state index contributed by atoms with van der Waals surface area (Å²) in [5, 5.41) is 0. The van der Waals surface area contributed by atoms with Gasteiger partial charge in [-0.25, -0.2) is 8.42 Å². The first-order valence-corrected chi connectivity index (χ1v) is 11.0. The Morgan fingerprint density at radius 3 is 2.61 bits per heavy atom. The number of ether oxygens (including phenoxy) is 2. The van der Waals surface area contributed by atoms with E-state index >= 15 is 0 Å². The molecule has 0 saturated carbocycles. The molecule has 28 heavy (non-hydrogen) atoms. The zero-order valence-electron chi connectivity index (χ0n) is 15.8. The van der Waals surface area contributed by atoms with Gasteiger partial charge in [-0.3, -0.25) is 9.10 Å². The molecular formula is C20H22N2O5S. The van der Waals surface area contributed by atoms with Crippen LogP contribution in [-0.4, -0.2) is 46.4 Å². The van der Waals surface area contributed by atoms with Crippen LogP contribution in [0.15, 0.2) is 42.5 Å². The maximum absolute atomic E-state index is 13.1. The normalized spacial score (nSPS) is 17.9. The first kappa shape index (κ1) is 18.6. The Morgan fingerprint density at radius 2 is 1.86 bits per heavy atom. The summed E-state index contributed by atoms with van der Waals surface area (Å²) in [6, 6.07) is 12.6. The SMILES string of the molecule is C[C@@H]1Cc2ccccc2N1C(=O)CN(c1ccc2c(c1)OCCO2)S(C)(=O)=O. The summed E-state index contributed by atoms with van der Waals surface area (Å²) < 4.78 is 37.1. The van der Waals surface area contributed by atoms with Crippen molar-refractivity contribution in [2.24, 2.45) is 0 Å². The summed E-state index contributed by atoms with van der Waals surface area (Å²) in [6.45, 7) is 2.53. The lowest BCUT2D eigenvalue weighted by Crippen LogP contribution is -2.45. The van der Waals surface area contributed by atoms with Crippen LogP contribution in [0.25, 0.3) is 0 Å². The number of hydrogen-bond acceptors (Lipinski definition) is 5. The molecule has 2 aliphatic rings. The molecule has 0 N–H and O–H groups in total. The Kier molecular flexibility index (Phi) is 4.66. The third-order valence-corrected chi connectivity index (χ3v) is 6.11. The van der Waals surface area contributed by atoms with Crippen molar-refractivity contribution < 1.29 is 22.7 Å². The number of fused-ring (bicyclic) bond motifs is 2. The van der Waals surface area contributed by atoms with Gasteiger partial charge in [-0.05, 0) is 37.1 Å². The fraction of sp³-hybridized carbons (Fsp3) is 0.350. The van der Waals surface area contributed by atoms with E-state index in [2.05, 4.69) is 0 Å². The lowest BCUT2D eigenvalue weighted by atomic mass is 10.1. The maximum atomic E-state index is 13.1. The molecule has 2 heterocycles. The first-order valence-electron chi connectivity index (χ1n) is 9.12. The van der Waals surface area contributed by atoms with Crippen LogP contribution in [-0.2, 0) is 21.2 Å². The number of benzene rings is 2. The molecule has 1 amide bonds. The highest BCUT2D eigenvalue weighted by Gasteiger charge is 2.33. The van der Waals surface area contributed by atoms with Crippen LogP contribution in [0.1, 0.15) is 12.5 Å². The largest absolute Gasteiger partial charge is 0.486 e. The molecule has 0 fully saturated rings. The number of anilines is 2. The first-order chi connectivity index (χ1) is 13.3. The molecule has 0 aromatic heterocycles. The third kappa shape index (κ3) is 3.40. The summed E-state index contributed by atoms with van der Waals surface area (Å²) in [7, 11) is -3.67. The summed E-state index contributed by atoms with van der Waals surface area (Å²) in [5.41, 5.74) is 2.31. The zero-order valence-corrected chi connectivity index (χ0v) is 16.6. The highest BCUT2D eigenvalue weighted by Crippen LogP contribution is 2.36. The Bertz CT molecular complexity index is 1020. The predicted molar refractivity (Wildman–Crippen MR) is 107 cm³/mol. The number of sulfonamides is 1. The fourth-order valence-corrected chi connectivity index (χ4v) is 4.57. The highest BCUT2D eigenvalue weighted by atomic mass is 32.2. The average Bonchev–Trinajstić information content (AvgIpc) is 3.00. The topological polar surface area (TPSA) is 76.2 Å². The highest BCUT2D eigenvalue weighted by molar-refractivity contribution is 7.92. The van der Waals surface area contributed by atoms with Gasteiger partial charge >= 0.3 is 0 Å². The van der Waals surface area contributed by atoms with Crippen LogP contribution < -0.4 is 18.7 Å². The van der Waals surface area contributed by atoms with Gasteiger partial charge in [0, 0.05) is 17.8 Å². The molecule has 0 bridgehead atoms. The number of nitrogens with zero attached hydrogens (tertiary/aromatic N) is 2. The molecule has 2 aromatic rings. The molecule has 0 radical (unpaired) electrons. The molecule has 0 unspecified atom stereocenters. The van der Waals surface area contributed by atoms with Crippen molar-refractivity contribution in [2.75, 3.05) is 35.2 Å². The number of hydrogen-bond donors (Lipinski definition) is 0. The third-order valence-electron chi connectivity index (χ3n) is 4.97. The Balaban J connectivity index is 1.64. The zero-order chi connectivity index (χ0) is 19.9. The van der Waals surface area contributed by atoms with E-state index in [9.17, 15) is 13.2 Å². The van der Waals surface area contributed by atoms with Gasteiger partial charge in [0.2, 0.25) is 15.9 Å². The van der Waals surface area contributed by atoms with E-state index in [0.717, 1.165) is 28.2 Å². The lowest BCUT2D eigenvalue weighted by Gasteiger charge is -2.28. The maximum Gasteiger partial charge on any atom is 0.248 e. The molecule has 2 aromatic carbocycles. The summed E-state index contributed by atoms with van der Waals surface area (Å²) in [4.78, 5) is 14.8. The molecule has 4 rings (SSSR count). The van der Waals surface area contributed by atoms with Gasteiger partial charge in [-0.15, -0.1) is 0 Å². The standard InChI is InChI=1S/C20H22N2O5S/c1-14-11-15-5-3-4-6-17(15)22(14)20(23)13-21(28(2,24)25)16-7-8-18-19(12-16)27-10-9-26-18/h3-8,12,14H,9-11,13H2,1-2H3/t14-/m1/s1. The molecular weight excluding hydrogens is 380 g/mol. The Labute approximate surface area is 164 Å². The van der Waals surface area contributed by atoms with Gasteiger partial charge in [0.05, 0.1) is 11.9 Å². The molecule has 7 nitrogen and oxygen atoms in total. The summed E-state index contributed by atoms with van der Waals surface area (Å²) >= 11 is 0. The van der Waals surface area contributed by atoms with Crippen molar-refractivity contribution in [3.8, 4) is 11.5 Å². The van der Waals surface area contributed by atoms with Crippen molar-refractivity contribution in [2.45, 2.75) is 19.4 Å². The van der Waals surface area contributed by atoms with Gasteiger partial charge in [0.25, 0.3) is 0 Å². The van der Waals surface area contributed by atoms with E-state index in [4.69, 9.17) is 9.47 Å². The Hall–Kier alpha value is -2.74. The number of rotatable bonds is 4. The predicted octanol–water partition coefficient (Wildman–Crippen LogP) is 2.20.